The predicted molar refractivity (Wildman–Crippen MR) is 115 cm³/mol. The molecule has 1 aliphatic carbocycles. The molecule has 0 spiro atoms. The molecule has 3 rings (SSSR count). The van der Waals surface area contributed by atoms with Crippen LogP contribution >= 0.6 is 24.0 Å². The molecule has 6 nitrogen and oxygen atoms in total. The quantitative estimate of drug-likeness (QED) is 0.358. The van der Waals surface area contributed by atoms with E-state index in [2.05, 4.69) is 17.6 Å². The summed E-state index contributed by atoms with van der Waals surface area (Å²) < 4.78 is 16.7. The molecular formula is C19H30IN3O3. The van der Waals surface area contributed by atoms with Crippen LogP contribution in [0.4, 0.5) is 5.69 Å². The lowest BCUT2D eigenvalue weighted by molar-refractivity contribution is 0.174. The molecule has 1 saturated carbocycles. The largest absolute Gasteiger partial charge is 0.490 e. The van der Waals surface area contributed by atoms with Crippen molar-refractivity contribution in [1.82, 2.24) is 5.32 Å². The fourth-order valence-electron chi connectivity index (χ4n) is 2.91. The molecule has 26 heavy (non-hydrogen) atoms. The molecule has 0 unspecified atom stereocenters. The topological polar surface area (TPSA) is 64.1 Å². The highest BCUT2D eigenvalue weighted by Crippen LogP contribution is 2.49. The van der Waals surface area contributed by atoms with E-state index in [-0.39, 0.29) is 24.0 Å². The predicted octanol–water partition coefficient (Wildman–Crippen LogP) is 3.66. The first-order valence-corrected chi connectivity index (χ1v) is 9.19. The smallest absolute Gasteiger partial charge is 0.195 e. The van der Waals surface area contributed by atoms with Gasteiger partial charge in [0.25, 0.3) is 0 Å². The first kappa shape index (κ1) is 21.1. The van der Waals surface area contributed by atoms with Crippen molar-refractivity contribution in [3.05, 3.63) is 18.2 Å². The summed E-state index contributed by atoms with van der Waals surface area (Å²) in [6.07, 6.45) is 4.47. The number of nitrogens with one attached hydrogen (secondary N) is 2. The Hall–Kier alpha value is -1.22. The van der Waals surface area contributed by atoms with E-state index in [1.807, 2.05) is 18.2 Å². The number of guanidine groups is 1. The second kappa shape index (κ2) is 10.2. The van der Waals surface area contributed by atoms with Crippen LogP contribution < -0.4 is 20.1 Å². The molecule has 0 aromatic heterocycles. The first-order valence-electron chi connectivity index (χ1n) is 9.19. The molecule has 7 heteroatoms. The Balaban J connectivity index is 0.00000243. The molecule has 1 heterocycles. The van der Waals surface area contributed by atoms with Crippen LogP contribution in [0, 0.1) is 5.41 Å². The minimum atomic E-state index is 0. The van der Waals surface area contributed by atoms with E-state index in [0.717, 1.165) is 55.7 Å². The van der Waals surface area contributed by atoms with Crippen LogP contribution in [0.15, 0.2) is 23.2 Å². The van der Waals surface area contributed by atoms with Gasteiger partial charge in [0.2, 0.25) is 0 Å². The third kappa shape index (κ3) is 5.90. The van der Waals surface area contributed by atoms with Gasteiger partial charge >= 0.3 is 0 Å². The van der Waals surface area contributed by atoms with Crippen LogP contribution in [0.3, 0.4) is 0 Å². The number of ether oxygens (including phenoxy) is 3. The van der Waals surface area contributed by atoms with Gasteiger partial charge in [-0.25, -0.2) is 0 Å². The summed E-state index contributed by atoms with van der Waals surface area (Å²) in [5.41, 5.74) is 1.29. The standard InChI is InChI=1S/C19H29N3O3.HI/c1-3-20-18(21-14-19(7-8-19)9-12-23-2)22-15-5-6-16-17(13-15)25-11-4-10-24-16;/h5-6,13H,3-4,7-12,14H2,1-2H3,(H2,20,21,22);1H. The second-order valence-corrected chi connectivity index (χ2v) is 6.77. The maximum absolute atomic E-state index is 5.76. The van der Waals surface area contributed by atoms with Gasteiger partial charge in [0.05, 0.1) is 13.2 Å². The number of anilines is 1. The highest BCUT2D eigenvalue weighted by atomic mass is 127. The molecule has 1 aliphatic heterocycles. The van der Waals surface area contributed by atoms with Gasteiger partial charge in [0.15, 0.2) is 17.5 Å². The summed E-state index contributed by atoms with van der Waals surface area (Å²) in [4.78, 5) is 4.79. The zero-order chi connectivity index (χ0) is 17.5. The van der Waals surface area contributed by atoms with Crippen molar-refractivity contribution in [2.24, 2.45) is 10.4 Å². The van der Waals surface area contributed by atoms with Crippen molar-refractivity contribution < 1.29 is 14.2 Å². The van der Waals surface area contributed by atoms with Crippen molar-refractivity contribution >= 4 is 35.6 Å². The Morgan fingerprint density at radius 2 is 2.00 bits per heavy atom. The van der Waals surface area contributed by atoms with Crippen LogP contribution in [0.5, 0.6) is 11.5 Å². The highest BCUT2D eigenvalue weighted by molar-refractivity contribution is 14.0. The molecule has 146 valence electrons. The van der Waals surface area contributed by atoms with Crippen LogP contribution in [-0.2, 0) is 4.74 Å². The Morgan fingerprint density at radius 3 is 2.69 bits per heavy atom. The van der Waals surface area contributed by atoms with Crippen molar-refractivity contribution in [2.75, 3.05) is 45.3 Å². The molecule has 0 saturated heterocycles. The monoisotopic (exact) mass is 475 g/mol. The SMILES string of the molecule is CCNC(=NCC1(CCOC)CC1)Nc1ccc2c(c1)OCCCO2.I. The van der Waals surface area contributed by atoms with E-state index in [0.29, 0.717) is 18.6 Å². The van der Waals surface area contributed by atoms with Crippen LogP contribution in [-0.4, -0.2) is 46.0 Å². The van der Waals surface area contributed by atoms with E-state index < -0.39 is 0 Å². The van der Waals surface area contributed by atoms with Crippen LogP contribution in [0.25, 0.3) is 0 Å². The molecule has 0 radical (unpaired) electrons. The fourth-order valence-corrected chi connectivity index (χ4v) is 2.91. The zero-order valence-corrected chi connectivity index (χ0v) is 18.0. The normalized spacial score (nSPS) is 17.7. The van der Waals surface area contributed by atoms with Gasteiger partial charge in [-0.15, -0.1) is 24.0 Å². The lowest BCUT2D eigenvalue weighted by Crippen LogP contribution is -2.31. The number of fused-ring (bicyclic) bond motifs is 1. The average Bonchev–Trinajstić information content (AvgIpc) is 3.42. The summed E-state index contributed by atoms with van der Waals surface area (Å²) in [6.45, 7) is 5.92. The Kier molecular flexibility index (Phi) is 8.27. The maximum atomic E-state index is 5.76. The molecule has 1 fully saturated rings. The van der Waals surface area contributed by atoms with Gasteiger partial charge in [0, 0.05) is 45.0 Å². The van der Waals surface area contributed by atoms with Crippen LogP contribution in [0.2, 0.25) is 0 Å². The summed E-state index contributed by atoms with van der Waals surface area (Å²) >= 11 is 0. The lowest BCUT2D eigenvalue weighted by Gasteiger charge is -2.16. The van der Waals surface area contributed by atoms with Crippen molar-refractivity contribution in [1.29, 1.82) is 0 Å². The molecule has 2 N–H and O–H groups in total. The molecule has 2 aliphatic rings. The molecule has 0 bridgehead atoms. The number of nitrogens with zero attached hydrogens (tertiary/aromatic N) is 1. The number of hydrogen-bond acceptors (Lipinski definition) is 4. The summed E-state index contributed by atoms with van der Waals surface area (Å²) in [7, 11) is 1.76. The number of rotatable bonds is 7. The molecule has 1 aromatic carbocycles. The van der Waals surface area contributed by atoms with Crippen molar-refractivity contribution in [3.8, 4) is 11.5 Å². The lowest BCUT2D eigenvalue weighted by atomic mass is 10.0. The Morgan fingerprint density at radius 1 is 1.23 bits per heavy atom. The van der Waals surface area contributed by atoms with E-state index in [1.165, 1.54) is 12.8 Å². The number of hydrogen-bond donors (Lipinski definition) is 2. The van der Waals surface area contributed by atoms with E-state index in [9.17, 15) is 0 Å². The average molecular weight is 475 g/mol. The van der Waals surface area contributed by atoms with E-state index in [4.69, 9.17) is 19.2 Å². The number of methoxy groups -OCH3 is 1. The highest BCUT2D eigenvalue weighted by Gasteiger charge is 2.41. The number of halogens is 1. The van der Waals surface area contributed by atoms with Gasteiger partial charge in [-0.1, -0.05) is 0 Å². The molecule has 0 amide bonds. The first-order chi connectivity index (χ1) is 12.2. The van der Waals surface area contributed by atoms with Gasteiger partial charge in [-0.3, -0.25) is 4.99 Å². The Bertz CT molecular complexity index is 606. The summed E-state index contributed by atoms with van der Waals surface area (Å²) in [6, 6.07) is 5.93. The van der Waals surface area contributed by atoms with Gasteiger partial charge < -0.3 is 24.8 Å². The molecule has 1 aromatic rings. The maximum Gasteiger partial charge on any atom is 0.195 e. The summed E-state index contributed by atoms with van der Waals surface area (Å²) in [5.74, 6) is 2.40. The van der Waals surface area contributed by atoms with Crippen molar-refractivity contribution in [2.45, 2.75) is 32.6 Å². The van der Waals surface area contributed by atoms with Gasteiger partial charge in [-0.2, -0.15) is 0 Å². The number of benzene rings is 1. The Labute approximate surface area is 173 Å². The van der Waals surface area contributed by atoms with Gasteiger partial charge in [0.1, 0.15) is 0 Å². The summed E-state index contributed by atoms with van der Waals surface area (Å²) in [5, 5.41) is 6.69. The number of aliphatic imine (C=N–C) groups is 1. The zero-order valence-electron chi connectivity index (χ0n) is 15.7. The second-order valence-electron chi connectivity index (χ2n) is 6.77. The van der Waals surface area contributed by atoms with Gasteiger partial charge in [-0.05, 0) is 43.7 Å². The molecular weight excluding hydrogens is 445 g/mol. The third-order valence-corrected chi connectivity index (χ3v) is 4.72. The molecule has 0 atom stereocenters. The van der Waals surface area contributed by atoms with Crippen molar-refractivity contribution in [3.63, 3.8) is 0 Å². The minimum absolute atomic E-state index is 0. The van der Waals surface area contributed by atoms with E-state index >= 15 is 0 Å². The third-order valence-electron chi connectivity index (χ3n) is 4.72. The fraction of sp³-hybridized carbons (Fsp3) is 0.632. The van der Waals surface area contributed by atoms with Crippen LogP contribution in [0.1, 0.15) is 32.6 Å². The van der Waals surface area contributed by atoms with E-state index in [1.54, 1.807) is 7.11 Å². The minimum Gasteiger partial charge on any atom is -0.490 e.